The van der Waals surface area contributed by atoms with Gasteiger partial charge in [-0.05, 0) is 29.6 Å². The maximum atomic E-state index is 11.9. The highest BCUT2D eigenvalue weighted by Gasteiger charge is 2.43. The minimum atomic E-state index is -5.64. The van der Waals surface area contributed by atoms with Crippen LogP contribution in [0, 0.1) is 0 Å². The highest BCUT2D eigenvalue weighted by molar-refractivity contribution is 7.66. The minimum Gasteiger partial charge on any atom is -0.379 e. The molecular formula is C12H18BClN3O12P3. The van der Waals surface area contributed by atoms with Crippen LogP contribution in [0.2, 0.25) is 5.02 Å². The molecule has 2 rings (SSSR count). The monoisotopic (exact) mass is 535 g/mol. The molecule has 0 radical (unpaired) electrons. The third kappa shape index (κ3) is 9.22. The Hall–Kier alpha value is -0.785. The van der Waals surface area contributed by atoms with E-state index in [1.807, 2.05) is 0 Å². The molecule has 1 heterocycles. The molecule has 32 heavy (non-hydrogen) atoms. The van der Waals surface area contributed by atoms with Crippen molar-refractivity contribution in [2.24, 2.45) is 5.11 Å². The summed E-state index contributed by atoms with van der Waals surface area (Å²) < 4.78 is 57.2. The lowest BCUT2D eigenvalue weighted by atomic mass is 9.96. The van der Waals surface area contributed by atoms with E-state index in [2.05, 4.69) is 23.2 Å². The zero-order valence-corrected chi connectivity index (χ0v) is 19.6. The van der Waals surface area contributed by atoms with Gasteiger partial charge in [-0.15, -0.1) is 0 Å². The summed E-state index contributed by atoms with van der Waals surface area (Å²) in [4.78, 5) is 38.6. The number of halogens is 1. The zero-order valence-electron chi connectivity index (χ0n) is 16.1. The van der Waals surface area contributed by atoms with Gasteiger partial charge in [-0.25, -0.2) is 13.7 Å². The second-order valence-corrected chi connectivity index (χ2v) is 11.2. The van der Waals surface area contributed by atoms with Gasteiger partial charge in [0.25, 0.3) is 0 Å². The Morgan fingerprint density at radius 2 is 1.81 bits per heavy atom. The minimum absolute atomic E-state index is 0.273. The molecule has 1 aliphatic heterocycles. The lowest BCUT2D eigenvalue weighted by Crippen LogP contribution is -2.30. The molecule has 0 aromatic heterocycles. The van der Waals surface area contributed by atoms with E-state index in [4.69, 9.17) is 36.4 Å². The largest absolute Gasteiger partial charge is 0.490 e. The number of ether oxygens (including phenoxy) is 2. The van der Waals surface area contributed by atoms with Crippen LogP contribution >= 0.6 is 35.1 Å². The van der Waals surface area contributed by atoms with E-state index in [0.29, 0.717) is 10.6 Å². The Balaban J connectivity index is 2.06. The van der Waals surface area contributed by atoms with E-state index in [0.717, 1.165) is 0 Å². The summed E-state index contributed by atoms with van der Waals surface area (Å²) in [5.41, 5.74) is 9.31. The average molecular weight is 535 g/mol. The van der Waals surface area contributed by atoms with Crippen molar-refractivity contribution in [2.75, 3.05) is 6.61 Å². The highest BCUT2D eigenvalue weighted by atomic mass is 35.5. The maximum absolute atomic E-state index is 11.9. The van der Waals surface area contributed by atoms with Crippen molar-refractivity contribution in [3.05, 3.63) is 45.3 Å². The van der Waals surface area contributed by atoms with E-state index in [1.54, 1.807) is 32.1 Å². The Kier molecular flexibility index (Phi) is 9.52. The summed E-state index contributed by atoms with van der Waals surface area (Å²) in [6.07, 6.45) is -2.62. The number of azide groups is 1. The highest BCUT2D eigenvalue weighted by Crippen LogP contribution is 2.66. The normalized spacial score (nSPS) is 26.0. The summed E-state index contributed by atoms with van der Waals surface area (Å²) in [7, 11) is -14.8. The van der Waals surface area contributed by atoms with Crippen molar-refractivity contribution < 1.29 is 55.9 Å². The molecule has 1 fully saturated rings. The fraction of sp³-hybridized carbons (Fsp3) is 0.500. The number of phosphoric ester groups is 1. The van der Waals surface area contributed by atoms with Crippen molar-refractivity contribution in [1.29, 1.82) is 0 Å². The predicted octanol–water partition coefficient (Wildman–Crippen LogP) is 2.13. The smallest absolute Gasteiger partial charge is 0.379 e. The fourth-order valence-electron chi connectivity index (χ4n) is 2.69. The van der Waals surface area contributed by atoms with Crippen molar-refractivity contribution in [1.82, 2.24) is 0 Å². The molecule has 0 saturated carbocycles. The molecule has 1 saturated heterocycles. The van der Waals surface area contributed by atoms with Gasteiger partial charge in [-0.3, -0.25) is 4.52 Å². The second-order valence-electron chi connectivity index (χ2n) is 6.39. The van der Waals surface area contributed by atoms with Gasteiger partial charge in [0.2, 0.25) is 0 Å². The van der Waals surface area contributed by atoms with E-state index in [-0.39, 0.29) is 6.42 Å². The number of hydrogen-bond acceptors (Lipinski definition) is 9. The van der Waals surface area contributed by atoms with Gasteiger partial charge >= 0.3 is 23.5 Å². The quantitative estimate of drug-likeness (QED) is 0.105. The predicted molar refractivity (Wildman–Crippen MR) is 110 cm³/mol. The number of rotatable bonds is 11. The molecule has 0 bridgehead atoms. The van der Waals surface area contributed by atoms with Crippen molar-refractivity contribution in [3.8, 4) is 0 Å². The van der Waals surface area contributed by atoms with Crippen LogP contribution in [-0.2, 0) is 36.3 Å². The average Bonchev–Trinajstić information content (AvgIpc) is 2.97. The first-order chi connectivity index (χ1) is 14.7. The van der Waals surface area contributed by atoms with Crippen molar-refractivity contribution in [3.63, 3.8) is 0 Å². The van der Waals surface area contributed by atoms with Crippen LogP contribution < -0.4 is 0 Å². The summed E-state index contributed by atoms with van der Waals surface area (Å²) >= 11 is 5.84. The van der Waals surface area contributed by atoms with Gasteiger partial charge in [0.1, 0.15) is 14.0 Å². The summed E-state index contributed by atoms with van der Waals surface area (Å²) in [6.45, 7) is -0.692. The Morgan fingerprint density at radius 1 is 1.19 bits per heavy atom. The fourth-order valence-corrected chi connectivity index (χ4v) is 5.85. The van der Waals surface area contributed by atoms with E-state index in [1.165, 1.54) is 0 Å². The van der Waals surface area contributed by atoms with Crippen LogP contribution in [0.15, 0.2) is 29.4 Å². The third-order valence-electron chi connectivity index (χ3n) is 3.82. The Bertz CT molecular complexity index is 989. The Labute approximate surface area is 187 Å². The number of benzene rings is 1. The molecule has 1 aromatic carbocycles. The van der Waals surface area contributed by atoms with E-state index in [9.17, 15) is 23.5 Å². The van der Waals surface area contributed by atoms with Gasteiger partial charge in [0, 0.05) is 15.9 Å². The van der Waals surface area contributed by atoms with E-state index >= 15 is 0 Å². The van der Waals surface area contributed by atoms with Crippen LogP contribution in [0.3, 0.4) is 0 Å². The topological polar surface area (TPSA) is 227 Å². The SMILES string of the molecule is BC1CC(OC(N=[N+]=[N-])c2ccc(Cl)cc2)C(COP(=O)(O)OP(=O)(O)OP(=O)(O)O)O1. The molecule has 0 aliphatic carbocycles. The molecule has 6 unspecified atom stereocenters. The van der Waals surface area contributed by atoms with Crippen LogP contribution in [0.4, 0.5) is 0 Å². The van der Waals surface area contributed by atoms with Crippen LogP contribution in [0.5, 0.6) is 0 Å². The lowest BCUT2D eigenvalue weighted by molar-refractivity contribution is -0.0669. The second kappa shape index (κ2) is 11.1. The summed E-state index contributed by atoms with van der Waals surface area (Å²) in [5, 5.41) is 4.01. The first-order valence-corrected chi connectivity index (χ1v) is 13.5. The summed E-state index contributed by atoms with van der Waals surface area (Å²) in [6, 6.07) is 5.86. The van der Waals surface area contributed by atoms with Crippen LogP contribution in [0.1, 0.15) is 18.2 Å². The molecule has 0 amide bonds. The van der Waals surface area contributed by atoms with Crippen LogP contribution in [-0.4, -0.2) is 52.2 Å². The lowest BCUT2D eigenvalue weighted by Gasteiger charge is -2.24. The molecule has 1 aliphatic rings. The van der Waals surface area contributed by atoms with Crippen LogP contribution in [0.25, 0.3) is 10.4 Å². The maximum Gasteiger partial charge on any atom is 0.490 e. The number of hydrogen-bond donors (Lipinski definition) is 4. The molecule has 178 valence electrons. The molecule has 6 atom stereocenters. The standard InChI is InChI=1S/C12H18BClN3O12P3/c13-11-5-9(27-12(16-17-15)7-1-3-8(14)4-2-7)10(26-11)6-25-31(21,22)29-32(23,24)28-30(18,19)20/h1-4,9-12H,5-6,13H2,(H,21,22)(H,23,24)(H2,18,19,20). The van der Waals surface area contributed by atoms with Gasteiger partial charge < -0.3 is 29.0 Å². The zero-order chi connectivity index (χ0) is 24.2. The first kappa shape index (κ1) is 27.5. The van der Waals surface area contributed by atoms with Crippen molar-refractivity contribution in [2.45, 2.75) is 30.9 Å². The van der Waals surface area contributed by atoms with Gasteiger partial charge in [-0.2, -0.15) is 8.62 Å². The molecule has 15 nitrogen and oxygen atoms in total. The number of nitrogens with zero attached hydrogens (tertiary/aromatic N) is 3. The molecule has 0 spiro atoms. The van der Waals surface area contributed by atoms with Crippen molar-refractivity contribution >= 4 is 42.9 Å². The first-order valence-electron chi connectivity index (χ1n) is 8.58. The van der Waals surface area contributed by atoms with Gasteiger partial charge in [0.05, 0.1) is 12.7 Å². The molecular weight excluding hydrogens is 517 g/mol. The molecule has 20 heteroatoms. The Morgan fingerprint density at radius 3 is 2.38 bits per heavy atom. The third-order valence-corrected chi connectivity index (χ3v) is 7.87. The number of phosphoric acid groups is 3. The summed E-state index contributed by atoms with van der Waals surface area (Å²) in [5.74, 6) is 0. The molecule has 1 aromatic rings. The van der Waals surface area contributed by atoms with Gasteiger partial charge in [-0.1, -0.05) is 28.8 Å². The van der Waals surface area contributed by atoms with E-state index < -0.39 is 54.5 Å². The molecule has 4 N–H and O–H groups in total. The van der Waals surface area contributed by atoms with Gasteiger partial charge in [0.15, 0.2) is 6.23 Å².